The zero-order valence-corrected chi connectivity index (χ0v) is 10.9. The molecular weight excluding hydrogens is 218 g/mol. The highest BCUT2D eigenvalue weighted by Crippen LogP contribution is 2.33. The fourth-order valence-electron chi connectivity index (χ4n) is 2.02. The van der Waals surface area contributed by atoms with E-state index < -0.39 is 0 Å². The molecule has 0 unspecified atom stereocenters. The van der Waals surface area contributed by atoms with Crippen LogP contribution in [0.3, 0.4) is 0 Å². The molecule has 0 atom stereocenters. The normalized spacial score (nSPS) is 12.1. The van der Waals surface area contributed by atoms with Gasteiger partial charge in [-0.1, -0.05) is 50.6 Å². The van der Waals surface area contributed by atoms with Crippen molar-refractivity contribution in [3.05, 3.63) is 40.7 Å². The Balaban J connectivity index is 2.90. The lowest BCUT2D eigenvalue weighted by Crippen LogP contribution is -2.12. The van der Waals surface area contributed by atoms with Gasteiger partial charge in [0.2, 0.25) is 0 Å². The first kappa shape index (κ1) is 11.4. The van der Waals surface area contributed by atoms with Gasteiger partial charge in [-0.25, -0.2) is 4.98 Å². The van der Waals surface area contributed by atoms with Crippen LogP contribution >= 0.6 is 11.6 Å². The van der Waals surface area contributed by atoms with Crippen LogP contribution < -0.4 is 0 Å². The molecule has 1 aromatic heterocycles. The van der Waals surface area contributed by atoms with Crippen molar-refractivity contribution in [1.82, 2.24) is 4.98 Å². The molecule has 0 saturated carbocycles. The summed E-state index contributed by atoms with van der Waals surface area (Å²) < 4.78 is 0. The second-order valence-electron chi connectivity index (χ2n) is 5.21. The minimum atomic E-state index is 0.0869. The summed E-state index contributed by atoms with van der Waals surface area (Å²) in [5.74, 6) is 0. The molecule has 0 saturated heterocycles. The molecule has 0 fully saturated rings. The standard InChI is InChI=1S/C14H16ClN/c1-9-6-5-7-10-11(14(2,3)4)8-16-13(15)12(9)10/h5-8H,1-4H3. The molecule has 0 aliphatic carbocycles. The van der Waals surface area contributed by atoms with E-state index >= 15 is 0 Å². The second-order valence-corrected chi connectivity index (χ2v) is 5.57. The van der Waals surface area contributed by atoms with Gasteiger partial charge in [0.25, 0.3) is 0 Å². The van der Waals surface area contributed by atoms with Crippen molar-refractivity contribution in [2.24, 2.45) is 0 Å². The third-order valence-corrected chi connectivity index (χ3v) is 3.17. The fourth-order valence-corrected chi connectivity index (χ4v) is 2.32. The number of pyridine rings is 1. The lowest BCUT2D eigenvalue weighted by atomic mass is 9.84. The van der Waals surface area contributed by atoms with Gasteiger partial charge in [-0.15, -0.1) is 0 Å². The monoisotopic (exact) mass is 233 g/mol. The molecule has 0 spiro atoms. The number of aromatic nitrogens is 1. The largest absolute Gasteiger partial charge is 0.244 e. The molecule has 2 aromatic rings. The van der Waals surface area contributed by atoms with E-state index in [-0.39, 0.29) is 5.41 Å². The molecule has 0 N–H and O–H groups in total. The summed E-state index contributed by atoms with van der Waals surface area (Å²) in [5, 5.41) is 2.89. The van der Waals surface area contributed by atoms with Crippen molar-refractivity contribution in [3.63, 3.8) is 0 Å². The average Bonchev–Trinajstić information content (AvgIpc) is 2.16. The van der Waals surface area contributed by atoms with Crippen molar-refractivity contribution < 1.29 is 0 Å². The number of nitrogens with zero attached hydrogens (tertiary/aromatic N) is 1. The lowest BCUT2D eigenvalue weighted by molar-refractivity contribution is 0.593. The summed E-state index contributed by atoms with van der Waals surface area (Å²) >= 11 is 6.17. The van der Waals surface area contributed by atoms with E-state index in [1.807, 2.05) is 6.20 Å². The quantitative estimate of drug-likeness (QED) is 0.611. The van der Waals surface area contributed by atoms with Gasteiger partial charge < -0.3 is 0 Å². The molecule has 1 nitrogen and oxygen atoms in total. The third kappa shape index (κ3) is 1.80. The van der Waals surface area contributed by atoms with Gasteiger partial charge in [-0.05, 0) is 28.9 Å². The maximum atomic E-state index is 6.17. The molecule has 84 valence electrons. The van der Waals surface area contributed by atoms with Crippen LogP contribution in [0.1, 0.15) is 31.9 Å². The number of fused-ring (bicyclic) bond motifs is 1. The van der Waals surface area contributed by atoms with Gasteiger partial charge in [0, 0.05) is 11.6 Å². The molecule has 1 aromatic carbocycles. The van der Waals surface area contributed by atoms with Gasteiger partial charge in [0.1, 0.15) is 5.15 Å². The highest BCUT2D eigenvalue weighted by Gasteiger charge is 2.18. The van der Waals surface area contributed by atoms with Crippen molar-refractivity contribution >= 4 is 22.4 Å². The van der Waals surface area contributed by atoms with Gasteiger partial charge >= 0.3 is 0 Å². The molecule has 0 aliphatic rings. The fraction of sp³-hybridized carbons (Fsp3) is 0.357. The number of rotatable bonds is 0. The molecule has 0 aliphatic heterocycles. The first-order valence-corrected chi connectivity index (χ1v) is 5.83. The summed E-state index contributed by atoms with van der Waals surface area (Å²) in [5.41, 5.74) is 2.51. The predicted molar refractivity (Wildman–Crippen MR) is 70.2 cm³/mol. The second kappa shape index (κ2) is 3.74. The SMILES string of the molecule is Cc1cccc2c(C(C)(C)C)cnc(Cl)c12. The van der Waals surface area contributed by atoms with Crippen molar-refractivity contribution in [3.8, 4) is 0 Å². The number of halogens is 1. The first-order chi connectivity index (χ1) is 7.41. The Morgan fingerprint density at radius 1 is 1.19 bits per heavy atom. The zero-order valence-electron chi connectivity index (χ0n) is 10.1. The van der Waals surface area contributed by atoms with E-state index in [9.17, 15) is 0 Å². The molecule has 0 radical (unpaired) electrons. The van der Waals surface area contributed by atoms with E-state index in [1.165, 1.54) is 16.5 Å². The smallest absolute Gasteiger partial charge is 0.137 e. The average molecular weight is 234 g/mol. The molecule has 16 heavy (non-hydrogen) atoms. The number of hydrogen-bond acceptors (Lipinski definition) is 1. The number of benzene rings is 1. The van der Waals surface area contributed by atoms with Crippen LogP contribution in [0, 0.1) is 6.92 Å². The maximum Gasteiger partial charge on any atom is 0.137 e. The van der Waals surface area contributed by atoms with Crippen LogP contribution in [0.15, 0.2) is 24.4 Å². The van der Waals surface area contributed by atoms with E-state index in [1.54, 1.807) is 0 Å². The Bertz CT molecular complexity index is 530. The molecule has 2 rings (SSSR count). The van der Waals surface area contributed by atoms with Crippen molar-refractivity contribution in [1.29, 1.82) is 0 Å². The Hall–Kier alpha value is -1.08. The summed E-state index contributed by atoms with van der Waals surface area (Å²) in [6.45, 7) is 8.65. The Labute approximate surface area is 101 Å². The molecule has 0 bridgehead atoms. The van der Waals surface area contributed by atoms with E-state index in [4.69, 9.17) is 11.6 Å². The van der Waals surface area contributed by atoms with Gasteiger partial charge in [-0.2, -0.15) is 0 Å². The number of hydrogen-bond donors (Lipinski definition) is 0. The zero-order chi connectivity index (χ0) is 11.9. The Kier molecular flexibility index (Phi) is 2.67. The van der Waals surface area contributed by atoms with Crippen LogP contribution in [0.5, 0.6) is 0 Å². The first-order valence-electron chi connectivity index (χ1n) is 5.45. The Morgan fingerprint density at radius 3 is 2.50 bits per heavy atom. The molecule has 2 heteroatoms. The lowest BCUT2D eigenvalue weighted by Gasteiger charge is -2.21. The highest BCUT2D eigenvalue weighted by atomic mass is 35.5. The van der Waals surface area contributed by atoms with Crippen LogP contribution in [0.2, 0.25) is 5.15 Å². The summed E-state index contributed by atoms with van der Waals surface area (Å²) in [7, 11) is 0. The molecule has 0 amide bonds. The molecule has 1 heterocycles. The maximum absolute atomic E-state index is 6.17. The van der Waals surface area contributed by atoms with Gasteiger partial charge in [-0.3, -0.25) is 0 Å². The van der Waals surface area contributed by atoms with Crippen LogP contribution in [0.25, 0.3) is 10.8 Å². The predicted octanol–water partition coefficient (Wildman–Crippen LogP) is 4.49. The molecular formula is C14H16ClN. The van der Waals surface area contributed by atoms with Crippen LogP contribution in [-0.4, -0.2) is 4.98 Å². The van der Waals surface area contributed by atoms with Gasteiger partial charge in [0.15, 0.2) is 0 Å². The van der Waals surface area contributed by atoms with Gasteiger partial charge in [0.05, 0.1) is 0 Å². The topological polar surface area (TPSA) is 12.9 Å². The van der Waals surface area contributed by atoms with Crippen molar-refractivity contribution in [2.75, 3.05) is 0 Å². The van der Waals surface area contributed by atoms with Crippen LogP contribution in [0.4, 0.5) is 0 Å². The van der Waals surface area contributed by atoms with Crippen molar-refractivity contribution in [2.45, 2.75) is 33.1 Å². The summed E-state index contributed by atoms with van der Waals surface area (Å²) in [6, 6.07) is 6.27. The van der Waals surface area contributed by atoms with E-state index in [2.05, 4.69) is 50.9 Å². The Morgan fingerprint density at radius 2 is 1.88 bits per heavy atom. The van der Waals surface area contributed by atoms with Crippen LogP contribution in [-0.2, 0) is 5.41 Å². The minimum Gasteiger partial charge on any atom is -0.244 e. The van der Waals surface area contributed by atoms with E-state index in [0.717, 1.165) is 5.39 Å². The van der Waals surface area contributed by atoms with E-state index in [0.29, 0.717) is 5.15 Å². The summed E-state index contributed by atoms with van der Waals surface area (Å²) in [6.07, 6.45) is 1.89. The highest BCUT2D eigenvalue weighted by molar-refractivity contribution is 6.34. The third-order valence-electron chi connectivity index (χ3n) is 2.88. The number of aryl methyl sites for hydroxylation is 1. The minimum absolute atomic E-state index is 0.0869. The summed E-state index contributed by atoms with van der Waals surface area (Å²) in [4.78, 5) is 4.30.